The summed E-state index contributed by atoms with van der Waals surface area (Å²) in [7, 11) is -4.55. The fourth-order valence-electron chi connectivity index (χ4n) is 9.07. The van der Waals surface area contributed by atoms with E-state index in [1.165, 1.54) is 29.5 Å². The normalized spacial score (nSPS) is 19.1. The summed E-state index contributed by atoms with van der Waals surface area (Å²) < 4.78 is 41.1. The van der Waals surface area contributed by atoms with Crippen LogP contribution in [0.1, 0.15) is 62.7 Å². The molecule has 0 atom stereocenters. The van der Waals surface area contributed by atoms with E-state index < -0.39 is 31.4 Å². The van der Waals surface area contributed by atoms with Crippen LogP contribution in [-0.2, 0) is 14.8 Å². The molecular weight excluding hydrogens is 806 g/mol. The Hall–Kier alpha value is -4.96. The van der Waals surface area contributed by atoms with Gasteiger partial charge in [0.2, 0.25) is 0 Å². The lowest BCUT2D eigenvalue weighted by atomic mass is 9.61. The zero-order valence-electron chi connectivity index (χ0n) is 34.1. The molecule has 4 aromatic rings. The maximum absolute atomic E-state index is 13.9. The highest BCUT2D eigenvalue weighted by Gasteiger charge is 2.49. The van der Waals surface area contributed by atoms with Crippen LogP contribution < -0.4 is 19.7 Å². The molecule has 0 unspecified atom stereocenters. The van der Waals surface area contributed by atoms with Gasteiger partial charge in [0.1, 0.15) is 22.8 Å². The van der Waals surface area contributed by atoms with Crippen LogP contribution in [0.5, 0.6) is 11.5 Å². The molecule has 4 aliphatic rings. The number of sulfonamides is 1. The van der Waals surface area contributed by atoms with Crippen molar-refractivity contribution in [2.45, 2.75) is 57.3 Å². The largest absolute Gasteiger partial charge is 0.455 e. The van der Waals surface area contributed by atoms with Crippen molar-refractivity contribution < 1.29 is 27.6 Å². The number of benzene rings is 2. The van der Waals surface area contributed by atoms with Gasteiger partial charge in [0.25, 0.3) is 21.6 Å². The van der Waals surface area contributed by atoms with E-state index in [2.05, 4.69) is 50.2 Å². The lowest BCUT2D eigenvalue weighted by Crippen LogP contribution is -2.53. The number of H-pyrrole nitrogens is 1. The number of carbonyl (C=O) groups is 1. The molecule has 1 saturated carbocycles. The van der Waals surface area contributed by atoms with Crippen LogP contribution in [0, 0.1) is 26.9 Å². The quantitative estimate of drug-likeness (QED) is 0.0601. The molecule has 3 N–H and O–H groups in total. The van der Waals surface area contributed by atoms with Crippen molar-refractivity contribution in [3.8, 4) is 11.5 Å². The highest BCUT2D eigenvalue weighted by atomic mass is 35.5. The predicted octanol–water partition coefficient (Wildman–Crippen LogP) is 8.03. The number of piperazine rings is 1. The highest BCUT2D eigenvalue weighted by Crippen LogP contribution is 2.51. The van der Waals surface area contributed by atoms with Crippen LogP contribution in [0.15, 0.2) is 89.1 Å². The molecule has 1 spiro atoms. The Morgan fingerprint density at radius 2 is 1.90 bits per heavy atom. The number of pyridine rings is 1. The Labute approximate surface area is 355 Å². The first kappa shape index (κ1) is 41.8. The van der Waals surface area contributed by atoms with Gasteiger partial charge in [-0.25, -0.2) is 18.1 Å². The zero-order valence-corrected chi connectivity index (χ0v) is 35.7. The molecule has 2 aliphatic heterocycles. The van der Waals surface area contributed by atoms with E-state index in [4.69, 9.17) is 21.1 Å². The van der Waals surface area contributed by atoms with Gasteiger partial charge in [0.05, 0.1) is 34.8 Å². The summed E-state index contributed by atoms with van der Waals surface area (Å²) in [5.41, 5.74) is 5.72. The number of anilines is 2. The van der Waals surface area contributed by atoms with E-state index in [0.29, 0.717) is 29.7 Å². The number of halogens is 1. The molecule has 16 heteroatoms. The van der Waals surface area contributed by atoms with E-state index in [9.17, 15) is 23.3 Å². The van der Waals surface area contributed by atoms with Crippen LogP contribution >= 0.6 is 11.6 Å². The molecule has 0 bridgehead atoms. The molecule has 1 amide bonds. The lowest BCUT2D eigenvalue weighted by molar-refractivity contribution is -0.384. The molecular formula is C44H52ClN7O7S. The first-order valence-corrected chi connectivity index (χ1v) is 22.6. The minimum absolute atomic E-state index is 0.0325. The molecule has 60 heavy (non-hydrogen) atoms. The second-order valence-electron chi connectivity index (χ2n) is 17.6. The third-order valence-corrected chi connectivity index (χ3v) is 14.0. The fraction of sp³-hybridized carbons (Fsp3) is 0.455. The molecule has 2 aliphatic carbocycles. The summed E-state index contributed by atoms with van der Waals surface area (Å²) in [6.07, 6.45) is 9.23. The van der Waals surface area contributed by atoms with Crippen LogP contribution in [0.2, 0.25) is 0 Å². The number of alkyl halides is 1. The van der Waals surface area contributed by atoms with Crippen molar-refractivity contribution in [3.05, 3.63) is 99.9 Å². The topological polar surface area (TPSA) is 172 Å². The predicted molar refractivity (Wildman–Crippen MR) is 233 cm³/mol. The number of aromatic amines is 1. The monoisotopic (exact) mass is 857 g/mol. The summed E-state index contributed by atoms with van der Waals surface area (Å²) in [6, 6.07) is 12.3. The summed E-state index contributed by atoms with van der Waals surface area (Å²) in [5.74, 6) is 0.448. The number of hydrogen-bond acceptors (Lipinski definition) is 11. The third kappa shape index (κ3) is 9.04. The maximum atomic E-state index is 13.9. The molecule has 8 rings (SSSR count). The standard InChI is InChI=1S/C44H52ClN7O7S/c1-29(9-12-45)37-23-43(2,3)11-8-32(37)26-50-14-16-51(17-15-50)33-4-6-36(40(19-33)59-34-18-31-10-13-46-41(31)48-25-34)42(53)49-60(56,57)35-5-7-38(39(20-35)52(54)55)47-24-30-21-44(22-30)27-58-28-44/h4-7,10,13,18-20,25,30,47H,1,8-9,11-12,14-17,21-24,26-28H2,2-3H3,(H,46,48)(H,49,53). The van der Waals surface area contributed by atoms with E-state index in [1.807, 2.05) is 6.07 Å². The molecule has 2 aromatic carbocycles. The average molecular weight is 858 g/mol. The smallest absolute Gasteiger partial charge is 0.293 e. The number of nitro groups is 1. The van der Waals surface area contributed by atoms with Gasteiger partial charge in [-0.15, -0.1) is 11.6 Å². The van der Waals surface area contributed by atoms with Gasteiger partial charge in [-0.05, 0) is 91.8 Å². The Morgan fingerprint density at radius 3 is 2.62 bits per heavy atom. The molecule has 0 radical (unpaired) electrons. The number of fused-ring (bicyclic) bond motifs is 1. The van der Waals surface area contributed by atoms with E-state index in [0.717, 1.165) is 107 Å². The number of rotatable bonds is 15. The van der Waals surface area contributed by atoms with Crippen LogP contribution in [-0.4, -0.2) is 92.5 Å². The Kier molecular flexibility index (Phi) is 11.7. The lowest BCUT2D eigenvalue weighted by Gasteiger charge is -2.53. The summed E-state index contributed by atoms with van der Waals surface area (Å²) in [5, 5.41) is 16.0. The SMILES string of the molecule is C=C(CCCl)C1=C(CN2CCN(c3ccc(C(=O)NS(=O)(=O)c4ccc(NCC5CC6(COC6)C5)c([N+](=O)[O-])c4)c(Oc4cnc5[nH]ccc5c4)c3)CC2)CCC(C)(C)C1. The van der Waals surface area contributed by atoms with Gasteiger partial charge in [-0.2, -0.15) is 0 Å². The highest BCUT2D eigenvalue weighted by molar-refractivity contribution is 7.90. The zero-order chi connectivity index (χ0) is 42.2. The summed E-state index contributed by atoms with van der Waals surface area (Å²) >= 11 is 6.12. The van der Waals surface area contributed by atoms with Crippen LogP contribution in [0.25, 0.3) is 11.0 Å². The number of amides is 1. The van der Waals surface area contributed by atoms with Crippen molar-refractivity contribution in [1.29, 1.82) is 0 Å². The van der Waals surface area contributed by atoms with Gasteiger partial charge in [0, 0.05) is 80.0 Å². The molecule has 2 aromatic heterocycles. The number of nitro benzene ring substituents is 1. The van der Waals surface area contributed by atoms with E-state index >= 15 is 0 Å². The summed E-state index contributed by atoms with van der Waals surface area (Å²) in [4.78, 5) is 37.1. The van der Waals surface area contributed by atoms with Crippen LogP contribution in [0.3, 0.4) is 0 Å². The number of aromatic nitrogens is 2. The molecule has 3 fully saturated rings. The molecule has 14 nitrogen and oxygen atoms in total. The van der Waals surface area contributed by atoms with E-state index in [1.54, 1.807) is 30.5 Å². The third-order valence-electron chi connectivity index (χ3n) is 12.5. The van der Waals surface area contributed by atoms with Gasteiger partial charge in [-0.3, -0.25) is 19.8 Å². The average Bonchev–Trinajstić information content (AvgIpc) is 3.65. The number of ether oxygens (including phenoxy) is 2. The number of hydrogen-bond donors (Lipinski definition) is 3. The number of carbonyl (C=O) groups excluding carboxylic acids is 1. The molecule has 2 saturated heterocycles. The van der Waals surface area contributed by atoms with Crippen molar-refractivity contribution in [3.63, 3.8) is 0 Å². The summed E-state index contributed by atoms with van der Waals surface area (Å²) in [6.45, 7) is 15.0. The Morgan fingerprint density at radius 1 is 1.12 bits per heavy atom. The second-order valence-corrected chi connectivity index (χ2v) is 19.7. The molecule has 318 valence electrons. The van der Waals surface area contributed by atoms with Crippen molar-refractivity contribution in [2.75, 3.05) is 68.6 Å². The second kappa shape index (κ2) is 16.8. The maximum Gasteiger partial charge on any atom is 0.293 e. The first-order valence-electron chi connectivity index (χ1n) is 20.5. The minimum Gasteiger partial charge on any atom is -0.455 e. The number of nitrogens with one attached hydrogen (secondary N) is 3. The first-order chi connectivity index (χ1) is 28.7. The van der Waals surface area contributed by atoms with Crippen molar-refractivity contribution in [1.82, 2.24) is 19.6 Å². The van der Waals surface area contributed by atoms with E-state index in [-0.39, 0.29) is 27.8 Å². The van der Waals surface area contributed by atoms with Gasteiger partial charge < -0.3 is 24.7 Å². The molecule has 4 heterocycles. The number of allylic oxidation sites excluding steroid dienone is 2. The van der Waals surface area contributed by atoms with Gasteiger partial charge in [-0.1, -0.05) is 31.6 Å². The van der Waals surface area contributed by atoms with Crippen LogP contribution in [0.4, 0.5) is 17.1 Å². The Bertz CT molecular complexity index is 2450. The van der Waals surface area contributed by atoms with Crippen molar-refractivity contribution in [2.24, 2.45) is 16.7 Å². The van der Waals surface area contributed by atoms with Gasteiger partial charge >= 0.3 is 0 Å². The van der Waals surface area contributed by atoms with Gasteiger partial charge in [0.15, 0.2) is 0 Å². The fourth-order valence-corrected chi connectivity index (χ4v) is 10.3. The minimum atomic E-state index is -4.55. The van der Waals surface area contributed by atoms with Crippen molar-refractivity contribution >= 4 is 55.6 Å². The number of nitrogens with zero attached hydrogens (tertiary/aromatic N) is 4. The Balaban J connectivity index is 0.987.